The average Bonchev–Trinajstić information content (AvgIpc) is 2.26. The van der Waals surface area contributed by atoms with Gasteiger partial charge >= 0.3 is 0 Å². The third kappa shape index (κ3) is 2.14. The Bertz CT molecular complexity index is 375. The van der Waals surface area contributed by atoms with Gasteiger partial charge in [0.25, 0.3) is 0 Å². The van der Waals surface area contributed by atoms with Crippen LogP contribution in [0, 0.1) is 6.92 Å². The van der Waals surface area contributed by atoms with Gasteiger partial charge < -0.3 is 15.5 Å². The Morgan fingerprint density at radius 2 is 2.06 bits per heavy atom. The van der Waals surface area contributed by atoms with Crippen LogP contribution in [0.25, 0.3) is 0 Å². The summed E-state index contributed by atoms with van der Waals surface area (Å²) in [5, 5.41) is 0. The van der Waals surface area contributed by atoms with E-state index in [2.05, 4.69) is 42.8 Å². The Morgan fingerprint density at radius 1 is 1.31 bits per heavy atom. The van der Waals surface area contributed by atoms with E-state index in [4.69, 9.17) is 5.73 Å². The van der Waals surface area contributed by atoms with Crippen molar-refractivity contribution in [2.75, 3.05) is 37.3 Å². The van der Waals surface area contributed by atoms with Crippen molar-refractivity contribution in [1.82, 2.24) is 4.90 Å². The molecule has 88 valence electrons. The van der Waals surface area contributed by atoms with Crippen LogP contribution in [-0.2, 0) is 0 Å². The number of nitrogen functional groups attached to an aromatic ring is 1. The lowest BCUT2D eigenvalue weighted by Crippen LogP contribution is -2.50. The van der Waals surface area contributed by atoms with Crippen LogP contribution >= 0.6 is 0 Å². The maximum absolute atomic E-state index is 5.86. The highest BCUT2D eigenvalue weighted by Crippen LogP contribution is 2.24. The molecule has 1 atom stereocenters. The molecule has 2 N–H and O–H groups in total. The molecule has 3 nitrogen and oxygen atoms in total. The molecule has 1 unspecified atom stereocenters. The topological polar surface area (TPSA) is 32.5 Å². The van der Waals surface area contributed by atoms with Crippen LogP contribution in [0.3, 0.4) is 0 Å². The van der Waals surface area contributed by atoms with Crippen molar-refractivity contribution in [2.45, 2.75) is 19.9 Å². The number of aryl methyl sites for hydroxylation is 1. The molecule has 2 rings (SSSR count). The number of hydrogen-bond acceptors (Lipinski definition) is 3. The predicted octanol–water partition coefficient (Wildman–Crippen LogP) is 1.72. The third-order valence-corrected chi connectivity index (χ3v) is 3.53. The second kappa shape index (κ2) is 4.34. The molecule has 0 spiro atoms. The highest BCUT2D eigenvalue weighted by Gasteiger charge is 2.21. The first-order valence-electron chi connectivity index (χ1n) is 5.89. The summed E-state index contributed by atoms with van der Waals surface area (Å²) in [6, 6.07) is 6.77. The molecular formula is C13H21N3. The van der Waals surface area contributed by atoms with Gasteiger partial charge in [-0.05, 0) is 38.6 Å². The van der Waals surface area contributed by atoms with Crippen molar-refractivity contribution in [1.29, 1.82) is 0 Å². The Hall–Kier alpha value is -1.22. The minimum absolute atomic E-state index is 0.606. The van der Waals surface area contributed by atoms with E-state index in [0.717, 1.165) is 25.3 Å². The van der Waals surface area contributed by atoms with Gasteiger partial charge in [-0.25, -0.2) is 0 Å². The lowest BCUT2D eigenvalue weighted by molar-refractivity contribution is 0.234. The van der Waals surface area contributed by atoms with Crippen molar-refractivity contribution >= 4 is 11.4 Å². The van der Waals surface area contributed by atoms with Crippen LogP contribution in [-0.4, -0.2) is 37.6 Å². The van der Waals surface area contributed by atoms with E-state index in [1.807, 2.05) is 6.07 Å². The van der Waals surface area contributed by atoms with Gasteiger partial charge in [0.2, 0.25) is 0 Å². The summed E-state index contributed by atoms with van der Waals surface area (Å²) in [5.41, 5.74) is 9.32. The molecule has 0 aliphatic carbocycles. The van der Waals surface area contributed by atoms with Crippen molar-refractivity contribution in [3.63, 3.8) is 0 Å². The molecule has 1 aromatic carbocycles. The molecule has 1 aromatic rings. The molecule has 1 fully saturated rings. The minimum atomic E-state index is 0.606. The fraction of sp³-hybridized carbons (Fsp3) is 0.538. The van der Waals surface area contributed by atoms with Crippen molar-refractivity contribution in [2.24, 2.45) is 0 Å². The molecule has 1 aliphatic rings. The number of rotatable bonds is 1. The molecule has 1 heterocycles. The van der Waals surface area contributed by atoms with E-state index in [0.29, 0.717) is 6.04 Å². The van der Waals surface area contributed by atoms with E-state index in [1.54, 1.807) is 0 Å². The Kier molecular flexibility index (Phi) is 3.06. The largest absolute Gasteiger partial charge is 0.399 e. The predicted molar refractivity (Wildman–Crippen MR) is 69.9 cm³/mol. The minimum Gasteiger partial charge on any atom is -0.399 e. The van der Waals surface area contributed by atoms with Gasteiger partial charge in [-0.2, -0.15) is 0 Å². The van der Waals surface area contributed by atoms with Gasteiger partial charge in [-0.3, -0.25) is 0 Å². The van der Waals surface area contributed by atoms with E-state index in [1.165, 1.54) is 11.3 Å². The maximum Gasteiger partial charge on any atom is 0.0417 e. The van der Waals surface area contributed by atoms with Gasteiger partial charge in [0, 0.05) is 37.1 Å². The van der Waals surface area contributed by atoms with E-state index in [-0.39, 0.29) is 0 Å². The van der Waals surface area contributed by atoms with Gasteiger partial charge in [-0.15, -0.1) is 0 Å². The standard InChI is InChI=1S/C13H21N3/c1-10-4-5-12(14)8-13(10)16-7-6-15(3)11(2)9-16/h4-5,8,11H,6-7,9,14H2,1-3H3. The van der Waals surface area contributed by atoms with Gasteiger partial charge in [0.05, 0.1) is 0 Å². The van der Waals surface area contributed by atoms with Crippen LogP contribution in [0.15, 0.2) is 18.2 Å². The molecule has 0 aromatic heterocycles. The summed E-state index contributed by atoms with van der Waals surface area (Å²) in [6.45, 7) is 7.72. The van der Waals surface area contributed by atoms with Crippen LogP contribution in [0.4, 0.5) is 11.4 Å². The quantitative estimate of drug-likeness (QED) is 0.730. The maximum atomic E-state index is 5.86. The number of benzene rings is 1. The zero-order valence-electron chi connectivity index (χ0n) is 10.4. The third-order valence-electron chi connectivity index (χ3n) is 3.53. The highest BCUT2D eigenvalue weighted by atomic mass is 15.3. The monoisotopic (exact) mass is 219 g/mol. The summed E-state index contributed by atoms with van der Waals surface area (Å²) < 4.78 is 0. The number of nitrogens with zero attached hydrogens (tertiary/aromatic N) is 2. The van der Waals surface area contributed by atoms with Crippen LogP contribution in [0.5, 0.6) is 0 Å². The molecule has 0 radical (unpaired) electrons. The molecule has 1 aliphatic heterocycles. The summed E-state index contributed by atoms with van der Waals surface area (Å²) in [5.74, 6) is 0. The lowest BCUT2D eigenvalue weighted by Gasteiger charge is -2.39. The second-order valence-corrected chi connectivity index (χ2v) is 4.82. The Balaban J connectivity index is 2.21. The fourth-order valence-corrected chi connectivity index (χ4v) is 2.23. The number of piperazine rings is 1. The zero-order chi connectivity index (χ0) is 11.7. The van der Waals surface area contributed by atoms with Gasteiger partial charge in [0.1, 0.15) is 0 Å². The van der Waals surface area contributed by atoms with Crippen LogP contribution in [0.2, 0.25) is 0 Å². The van der Waals surface area contributed by atoms with E-state index < -0.39 is 0 Å². The van der Waals surface area contributed by atoms with E-state index >= 15 is 0 Å². The first-order chi connectivity index (χ1) is 7.58. The first kappa shape index (κ1) is 11.3. The van der Waals surface area contributed by atoms with Crippen molar-refractivity contribution < 1.29 is 0 Å². The van der Waals surface area contributed by atoms with Gasteiger partial charge in [0.15, 0.2) is 0 Å². The summed E-state index contributed by atoms with van der Waals surface area (Å²) >= 11 is 0. The van der Waals surface area contributed by atoms with Crippen LogP contribution in [0.1, 0.15) is 12.5 Å². The molecular weight excluding hydrogens is 198 g/mol. The summed E-state index contributed by atoms with van der Waals surface area (Å²) in [6.07, 6.45) is 0. The second-order valence-electron chi connectivity index (χ2n) is 4.82. The van der Waals surface area contributed by atoms with Crippen molar-refractivity contribution in [3.05, 3.63) is 23.8 Å². The normalized spacial score (nSPS) is 22.4. The fourth-order valence-electron chi connectivity index (χ4n) is 2.23. The lowest BCUT2D eigenvalue weighted by atomic mass is 10.1. The van der Waals surface area contributed by atoms with E-state index in [9.17, 15) is 0 Å². The molecule has 0 bridgehead atoms. The average molecular weight is 219 g/mol. The Morgan fingerprint density at radius 3 is 2.75 bits per heavy atom. The zero-order valence-corrected chi connectivity index (χ0v) is 10.4. The highest BCUT2D eigenvalue weighted by molar-refractivity contribution is 5.61. The summed E-state index contributed by atoms with van der Waals surface area (Å²) in [4.78, 5) is 4.84. The van der Waals surface area contributed by atoms with Crippen LogP contribution < -0.4 is 10.6 Å². The van der Waals surface area contributed by atoms with Gasteiger partial charge in [-0.1, -0.05) is 6.07 Å². The molecule has 16 heavy (non-hydrogen) atoms. The summed E-state index contributed by atoms with van der Waals surface area (Å²) in [7, 11) is 2.19. The SMILES string of the molecule is Cc1ccc(N)cc1N1CCN(C)C(C)C1. The molecule has 0 amide bonds. The smallest absolute Gasteiger partial charge is 0.0417 e. The number of likely N-dealkylation sites (N-methyl/N-ethyl adjacent to an activating group) is 1. The Labute approximate surface area is 97.8 Å². The molecule has 3 heteroatoms. The number of anilines is 2. The molecule has 0 saturated carbocycles. The van der Waals surface area contributed by atoms with Crippen molar-refractivity contribution in [3.8, 4) is 0 Å². The molecule has 1 saturated heterocycles. The number of hydrogen-bond donors (Lipinski definition) is 1. The number of nitrogens with two attached hydrogens (primary N) is 1. The first-order valence-corrected chi connectivity index (χ1v) is 5.89.